The van der Waals surface area contributed by atoms with E-state index in [9.17, 15) is 4.79 Å². The lowest BCUT2D eigenvalue weighted by atomic mass is 10.0. The van der Waals surface area contributed by atoms with Gasteiger partial charge in [0, 0.05) is 6.08 Å². The maximum atomic E-state index is 10.4. The van der Waals surface area contributed by atoms with Crippen LogP contribution in [0, 0.1) is 0 Å². The number of carboxylic acids is 1. The molecule has 0 aliphatic carbocycles. The highest BCUT2D eigenvalue weighted by Crippen LogP contribution is 2.20. The molecule has 0 saturated heterocycles. The highest BCUT2D eigenvalue weighted by atomic mass is 16.4. The van der Waals surface area contributed by atoms with E-state index >= 15 is 0 Å². The zero-order chi connectivity index (χ0) is 12.1. The zero-order valence-corrected chi connectivity index (χ0v) is 9.21. The fourth-order valence-corrected chi connectivity index (χ4v) is 1.62. The second-order valence-corrected chi connectivity index (χ2v) is 3.66. The average molecular weight is 224 g/mol. The Labute approximate surface area is 99.8 Å². The molecule has 0 fully saturated rings. The number of aliphatic carboxylic acids is 1. The summed E-state index contributed by atoms with van der Waals surface area (Å²) in [6.07, 6.45) is 2.74. The van der Waals surface area contributed by atoms with Crippen molar-refractivity contribution in [3.63, 3.8) is 0 Å². The van der Waals surface area contributed by atoms with Crippen LogP contribution in [-0.4, -0.2) is 11.1 Å². The zero-order valence-electron chi connectivity index (χ0n) is 9.21. The lowest BCUT2D eigenvalue weighted by Crippen LogP contribution is -1.86. The number of hydrogen-bond donors (Lipinski definition) is 1. The first-order chi connectivity index (χ1) is 8.25. The molecule has 0 saturated carbocycles. The minimum atomic E-state index is -0.935. The molecule has 2 aromatic rings. The van der Waals surface area contributed by atoms with E-state index in [1.807, 2.05) is 54.6 Å². The van der Waals surface area contributed by atoms with Crippen molar-refractivity contribution < 1.29 is 9.90 Å². The standard InChI is InChI=1S/C15H12O2/c16-15(17)10-9-12-5-4-8-14(11-12)13-6-2-1-3-7-13/h1-11H,(H,16,17)/b10-9-. The molecule has 84 valence electrons. The Kier molecular flexibility index (Phi) is 3.36. The molecule has 0 aliphatic heterocycles. The summed E-state index contributed by atoms with van der Waals surface area (Å²) in [5.41, 5.74) is 3.09. The molecule has 1 N–H and O–H groups in total. The predicted octanol–water partition coefficient (Wildman–Crippen LogP) is 3.45. The quantitative estimate of drug-likeness (QED) is 0.811. The molecule has 0 heterocycles. The molecule has 2 nitrogen and oxygen atoms in total. The van der Waals surface area contributed by atoms with Gasteiger partial charge in [-0.15, -0.1) is 0 Å². The Balaban J connectivity index is 2.32. The topological polar surface area (TPSA) is 37.3 Å². The minimum Gasteiger partial charge on any atom is -0.478 e. The first-order valence-corrected chi connectivity index (χ1v) is 5.32. The third-order valence-electron chi connectivity index (χ3n) is 2.41. The molecule has 0 spiro atoms. The fourth-order valence-electron chi connectivity index (χ4n) is 1.62. The molecule has 0 radical (unpaired) electrons. The third-order valence-corrected chi connectivity index (χ3v) is 2.41. The van der Waals surface area contributed by atoms with Crippen LogP contribution in [0.15, 0.2) is 60.7 Å². The van der Waals surface area contributed by atoms with Gasteiger partial charge >= 0.3 is 5.97 Å². The van der Waals surface area contributed by atoms with Gasteiger partial charge in [-0.25, -0.2) is 4.79 Å². The summed E-state index contributed by atoms with van der Waals surface area (Å²) in [6.45, 7) is 0. The molecule has 0 amide bonds. The molecule has 2 aromatic carbocycles. The van der Waals surface area contributed by atoms with Gasteiger partial charge in [0.2, 0.25) is 0 Å². The minimum absolute atomic E-state index is 0.883. The van der Waals surface area contributed by atoms with E-state index in [0.29, 0.717) is 0 Å². The molecule has 2 heteroatoms. The van der Waals surface area contributed by atoms with Crippen molar-refractivity contribution in [2.75, 3.05) is 0 Å². The maximum Gasteiger partial charge on any atom is 0.328 e. The van der Waals surface area contributed by atoms with E-state index in [4.69, 9.17) is 5.11 Å². The van der Waals surface area contributed by atoms with Gasteiger partial charge in [-0.05, 0) is 28.8 Å². The number of benzene rings is 2. The van der Waals surface area contributed by atoms with E-state index in [-0.39, 0.29) is 0 Å². The van der Waals surface area contributed by atoms with Crippen LogP contribution in [0.25, 0.3) is 17.2 Å². The van der Waals surface area contributed by atoms with Crippen LogP contribution in [0.1, 0.15) is 5.56 Å². The molecule has 0 bridgehead atoms. The van der Waals surface area contributed by atoms with Gasteiger partial charge in [-0.1, -0.05) is 48.5 Å². The second-order valence-electron chi connectivity index (χ2n) is 3.66. The van der Waals surface area contributed by atoms with Crippen LogP contribution in [-0.2, 0) is 4.79 Å². The number of carboxylic acid groups (broad SMARTS) is 1. The summed E-state index contributed by atoms with van der Waals surface area (Å²) in [5.74, 6) is -0.935. The Morgan fingerprint density at radius 2 is 1.65 bits per heavy atom. The molecule has 0 aromatic heterocycles. The van der Waals surface area contributed by atoms with Crippen molar-refractivity contribution in [1.29, 1.82) is 0 Å². The van der Waals surface area contributed by atoms with Crippen LogP contribution in [0.4, 0.5) is 0 Å². The molecule has 0 aliphatic rings. The predicted molar refractivity (Wildman–Crippen MR) is 68.5 cm³/mol. The summed E-state index contributed by atoms with van der Waals surface area (Å²) in [7, 11) is 0. The van der Waals surface area contributed by atoms with Crippen LogP contribution < -0.4 is 0 Å². The average Bonchev–Trinajstić information content (AvgIpc) is 2.38. The lowest BCUT2D eigenvalue weighted by Gasteiger charge is -2.02. The second kappa shape index (κ2) is 5.12. The number of carbonyl (C=O) groups is 1. The largest absolute Gasteiger partial charge is 0.478 e. The van der Waals surface area contributed by atoms with Gasteiger partial charge in [0.05, 0.1) is 0 Å². The van der Waals surface area contributed by atoms with Crippen molar-refractivity contribution in [2.24, 2.45) is 0 Å². The molecule has 0 unspecified atom stereocenters. The summed E-state index contributed by atoms with van der Waals surface area (Å²) in [6, 6.07) is 17.8. The monoisotopic (exact) mass is 224 g/mol. The molecular weight excluding hydrogens is 212 g/mol. The van der Waals surface area contributed by atoms with Crippen molar-refractivity contribution in [1.82, 2.24) is 0 Å². The first kappa shape index (κ1) is 11.1. The number of rotatable bonds is 3. The summed E-state index contributed by atoms with van der Waals surface area (Å²) in [4.78, 5) is 10.4. The van der Waals surface area contributed by atoms with E-state index < -0.39 is 5.97 Å². The van der Waals surface area contributed by atoms with Crippen LogP contribution in [0.5, 0.6) is 0 Å². The number of hydrogen-bond acceptors (Lipinski definition) is 1. The normalized spacial score (nSPS) is 10.6. The molecular formula is C15H12O2. The lowest BCUT2D eigenvalue weighted by molar-refractivity contribution is -0.131. The SMILES string of the molecule is O=C(O)/C=C\c1cccc(-c2ccccc2)c1. The summed E-state index contributed by atoms with van der Waals surface area (Å²) >= 11 is 0. The Morgan fingerprint density at radius 1 is 0.941 bits per heavy atom. The Bertz CT molecular complexity index is 542. The van der Waals surface area contributed by atoms with Crippen molar-refractivity contribution in [2.45, 2.75) is 0 Å². The highest BCUT2D eigenvalue weighted by Gasteiger charge is 1.97. The van der Waals surface area contributed by atoms with E-state index in [0.717, 1.165) is 22.8 Å². The van der Waals surface area contributed by atoms with Gasteiger partial charge < -0.3 is 5.11 Å². The molecule has 2 rings (SSSR count). The van der Waals surface area contributed by atoms with E-state index in [2.05, 4.69) is 0 Å². The van der Waals surface area contributed by atoms with Crippen LogP contribution >= 0.6 is 0 Å². The van der Waals surface area contributed by atoms with Crippen molar-refractivity contribution in [3.05, 3.63) is 66.2 Å². The van der Waals surface area contributed by atoms with E-state index in [1.165, 1.54) is 0 Å². The van der Waals surface area contributed by atoms with Crippen molar-refractivity contribution in [3.8, 4) is 11.1 Å². The van der Waals surface area contributed by atoms with Gasteiger partial charge in [0.15, 0.2) is 0 Å². The maximum absolute atomic E-state index is 10.4. The van der Waals surface area contributed by atoms with Gasteiger partial charge in [0.1, 0.15) is 0 Å². The molecule has 17 heavy (non-hydrogen) atoms. The molecule has 0 atom stereocenters. The highest BCUT2D eigenvalue weighted by molar-refractivity contribution is 5.85. The van der Waals surface area contributed by atoms with Crippen LogP contribution in [0.3, 0.4) is 0 Å². The van der Waals surface area contributed by atoms with Crippen molar-refractivity contribution >= 4 is 12.0 Å². The van der Waals surface area contributed by atoms with E-state index in [1.54, 1.807) is 6.08 Å². The first-order valence-electron chi connectivity index (χ1n) is 5.32. The Morgan fingerprint density at radius 3 is 2.35 bits per heavy atom. The summed E-state index contributed by atoms with van der Waals surface area (Å²) < 4.78 is 0. The summed E-state index contributed by atoms with van der Waals surface area (Å²) in [5, 5.41) is 8.57. The third kappa shape index (κ3) is 3.05. The smallest absolute Gasteiger partial charge is 0.328 e. The van der Waals surface area contributed by atoms with Gasteiger partial charge in [-0.2, -0.15) is 0 Å². The Hall–Kier alpha value is -2.35. The van der Waals surface area contributed by atoms with Gasteiger partial charge in [-0.3, -0.25) is 0 Å². The fraction of sp³-hybridized carbons (Fsp3) is 0. The van der Waals surface area contributed by atoms with Gasteiger partial charge in [0.25, 0.3) is 0 Å². The van der Waals surface area contributed by atoms with Crippen LogP contribution in [0.2, 0.25) is 0 Å².